The molecule has 1 aromatic rings. The summed E-state index contributed by atoms with van der Waals surface area (Å²) in [6.45, 7) is 5.94. The summed E-state index contributed by atoms with van der Waals surface area (Å²) in [5.74, 6) is 1.61. The second kappa shape index (κ2) is 7.40. The van der Waals surface area contributed by atoms with Crippen molar-refractivity contribution in [2.24, 2.45) is 0 Å². The first-order chi connectivity index (χ1) is 9.06. The Morgan fingerprint density at radius 1 is 1.21 bits per heavy atom. The van der Waals surface area contributed by atoms with Crippen LogP contribution in [0.3, 0.4) is 0 Å². The number of nitrogens with zero attached hydrogens (tertiary/aromatic N) is 3. The van der Waals surface area contributed by atoms with Gasteiger partial charge in [0.2, 0.25) is 0 Å². The third kappa shape index (κ3) is 4.61. The Morgan fingerprint density at radius 2 is 1.84 bits per heavy atom. The molecule has 0 aliphatic heterocycles. The number of hydrogen-bond donors (Lipinski definition) is 3. The largest absolute Gasteiger partial charge is 0.370 e. The van der Waals surface area contributed by atoms with E-state index in [0.29, 0.717) is 13.1 Å². The molecule has 0 fully saturated rings. The molecular formula is C12H22N6O. The molecule has 7 nitrogen and oxygen atoms in total. The van der Waals surface area contributed by atoms with Gasteiger partial charge in [-0.05, 0) is 13.8 Å². The van der Waals surface area contributed by atoms with Crippen molar-refractivity contribution in [3.63, 3.8) is 0 Å². The molecule has 0 saturated carbocycles. The molecule has 0 spiro atoms. The van der Waals surface area contributed by atoms with E-state index < -0.39 is 0 Å². The molecule has 0 unspecified atom stereocenters. The molecule has 3 N–H and O–H groups in total. The van der Waals surface area contributed by atoms with Crippen molar-refractivity contribution in [2.75, 3.05) is 44.4 Å². The van der Waals surface area contributed by atoms with Crippen LogP contribution in [0.15, 0.2) is 6.33 Å². The van der Waals surface area contributed by atoms with Crippen molar-refractivity contribution in [2.45, 2.75) is 13.8 Å². The fourth-order valence-corrected chi connectivity index (χ4v) is 1.48. The van der Waals surface area contributed by atoms with Crippen molar-refractivity contribution in [1.82, 2.24) is 20.2 Å². The van der Waals surface area contributed by atoms with Gasteiger partial charge in [-0.2, -0.15) is 0 Å². The maximum atomic E-state index is 11.3. The van der Waals surface area contributed by atoms with Crippen LogP contribution < -0.4 is 16.0 Å². The quantitative estimate of drug-likeness (QED) is 0.666. The van der Waals surface area contributed by atoms with E-state index in [2.05, 4.69) is 25.9 Å². The zero-order valence-electron chi connectivity index (χ0n) is 11.9. The third-order valence-electron chi connectivity index (χ3n) is 2.53. The number of hydrogen-bond acceptors (Lipinski definition) is 5. The van der Waals surface area contributed by atoms with Gasteiger partial charge < -0.3 is 20.9 Å². The van der Waals surface area contributed by atoms with E-state index >= 15 is 0 Å². The van der Waals surface area contributed by atoms with Crippen LogP contribution >= 0.6 is 0 Å². The molecular weight excluding hydrogens is 244 g/mol. The molecule has 106 valence electrons. The van der Waals surface area contributed by atoms with Crippen molar-refractivity contribution in [3.05, 3.63) is 11.9 Å². The number of urea groups is 1. The molecule has 0 atom stereocenters. The molecule has 1 rings (SSSR count). The van der Waals surface area contributed by atoms with Crippen molar-refractivity contribution in [3.8, 4) is 0 Å². The van der Waals surface area contributed by atoms with E-state index in [1.54, 1.807) is 14.1 Å². The van der Waals surface area contributed by atoms with Crippen LogP contribution in [0.25, 0.3) is 0 Å². The molecule has 1 heterocycles. The average molecular weight is 266 g/mol. The highest BCUT2D eigenvalue weighted by atomic mass is 16.2. The molecule has 0 radical (unpaired) electrons. The SMILES string of the molecule is CCNc1ncnc(NCCNC(=O)N(C)C)c1C. The van der Waals surface area contributed by atoms with Gasteiger partial charge in [0, 0.05) is 39.3 Å². The first-order valence-corrected chi connectivity index (χ1v) is 6.30. The van der Waals surface area contributed by atoms with Crippen molar-refractivity contribution >= 4 is 17.7 Å². The molecule has 19 heavy (non-hydrogen) atoms. The topological polar surface area (TPSA) is 82.2 Å². The summed E-state index contributed by atoms with van der Waals surface area (Å²) in [7, 11) is 3.42. The highest BCUT2D eigenvalue weighted by molar-refractivity contribution is 5.73. The van der Waals surface area contributed by atoms with Crippen LogP contribution in [-0.4, -0.2) is 54.6 Å². The summed E-state index contributed by atoms with van der Waals surface area (Å²) in [6, 6.07) is -0.102. The number of carbonyl (C=O) groups is 1. The van der Waals surface area contributed by atoms with Crippen LogP contribution in [0.1, 0.15) is 12.5 Å². The van der Waals surface area contributed by atoms with E-state index in [9.17, 15) is 4.79 Å². The van der Waals surface area contributed by atoms with Gasteiger partial charge in [-0.3, -0.25) is 0 Å². The zero-order chi connectivity index (χ0) is 14.3. The van der Waals surface area contributed by atoms with Gasteiger partial charge in [0.15, 0.2) is 0 Å². The summed E-state index contributed by atoms with van der Waals surface area (Å²) >= 11 is 0. The van der Waals surface area contributed by atoms with E-state index in [4.69, 9.17) is 0 Å². The lowest BCUT2D eigenvalue weighted by Crippen LogP contribution is -2.37. The van der Waals surface area contributed by atoms with E-state index in [1.165, 1.54) is 11.2 Å². The second-order valence-electron chi connectivity index (χ2n) is 4.28. The Bertz CT molecular complexity index is 421. The molecule has 0 aliphatic carbocycles. The number of amides is 2. The van der Waals surface area contributed by atoms with Gasteiger partial charge in [0.05, 0.1) is 0 Å². The smallest absolute Gasteiger partial charge is 0.316 e. The minimum atomic E-state index is -0.102. The number of anilines is 2. The fourth-order valence-electron chi connectivity index (χ4n) is 1.48. The predicted molar refractivity (Wildman–Crippen MR) is 76.5 cm³/mol. The van der Waals surface area contributed by atoms with E-state index in [-0.39, 0.29) is 6.03 Å². The molecule has 0 aromatic carbocycles. The Morgan fingerprint density at radius 3 is 2.42 bits per heavy atom. The Balaban J connectivity index is 2.45. The Labute approximate surface area is 113 Å². The zero-order valence-corrected chi connectivity index (χ0v) is 11.9. The highest BCUT2D eigenvalue weighted by Gasteiger charge is 2.06. The molecule has 7 heteroatoms. The van der Waals surface area contributed by atoms with Gasteiger partial charge in [-0.1, -0.05) is 0 Å². The van der Waals surface area contributed by atoms with Crippen molar-refractivity contribution in [1.29, 1.82) is 0 Å². The van der Waals surface area contributed by atoms with Crippen molar-refractivity contribution < 1.29 is 4.79 Å². The van der Waals surface area contributed by atoms with Gasteiger partial charge in [0.1, 0.15) is 18.0 Å². The van der Waals surface area contributed by atoms with Crippen LogP contribution in [0, 0.1) is 6.92 Å². The van der Waals surface area contributed by atoms with Crippen LogP contribution in [-0.2, 0) is 0 Å². The first-order valence-electron chi connectivity index (χ1n) is 6.30. The lowest BCUT2D eigenvalue weighted by Gasteiger charge is -2.14. The number of rotatable bonds is 6. The van der Waals surface area contributed by atoms with Crippen LogP contribution in [0.5, 0.6) is 0 Å². The molecule has 2 amide bonds. The third-order valence-corrected chi connectivity index (χ3v) is 2.53. The summed E-state index contributed by atoms with van der Waals surface area (Å²) in [5.41, 5.74) is 0.975. The van der Waals surface area contributed by atoms with E-state index in [0.717, 1.165) is 23.7 Å². The first kappa shape index (κ1) is 15.0. The molecule has 1 aromatic heterocycles. The molecule has 0 bridgehead atoms. The lowest BCUT2D eigenvalue weighted by molar-refractivity contribution is 0.218. The Kier molecular flexibility index (Phi) is 5.84. The van der Waals surface area contributed by atoms with Gasteiger partial charge in [-0.25, -0.2) is 14.8 Å². The van der Waals surface area contributed by atoms with Gasteiger partial charge >= 0.3 is 6.03 Å². The summed E-state index contributed by atoms with van der Waals surface area (Å²) < 4.78 is 0. The normalized spacial score (nSPS) is 9.89. The minimum Gasteiger partial charge on any atom is -0.370 e. The summed E-state index contributed by atoms with van der Waals surface area (Å²) in [5, 5.41) is 9.13. The fraction of sp³-hybridized carbons (Fsp3) is 0.583. The Hall–Kier alpha value is -2.05. The van der Waals surface area contributed by atoms with Crippen LogP contribution in [0.4, 0.5) is 16.4 Å². The van der Waals surface area contributed by atoms with Gasteiger partial charge in [0.25, 0.3) is 0 Å². The number of aromatic nitrogens is 2. The number of nitrogens with one attached hydrogen (secondary N) is 3. The maximum absolute atomic E-state index is 11.3. The van der Waals surface area contributed by atoms with Crippen LogP contribution in [0.2, 0.25) is 0 Å². The monoisotopic (exact) mass is 266 g/mol. The number of carbonyl (C=O) groups excluding carboxylic acids is 1. The minimum absolute atomic E-state index is 0.102. The lowest BCUT2D eigenvalue weighted by atomic mass is 10.3. The second-order valence-corrected chi connectivity index (χ2v) is 4.28. The average Bonchev–Trinajstić information content (AvgIpc) is 2.38. The molecule has 0 aliphatic rings. The highest BCUT2D eigenvalue weighted by Crippen LogP contribution is 2.17. The maximum Gasteiger partial charge on any atom is 0.316 e. The van der Waals surface area contributed by atoms with Gasteiger partial charge in [-0.15, -0.1) is 0 Å². The van der Waals surface area contributed by atoms with E-state index in [1.807, 2.05) is 13.8 Å². The molecule has 0 saturated heterocycles. The summed E-state index contributed by atoms with van der Waals surface area (Å²) in [4.78, 5) is 21.2. The standard InChI is InChI=1S/C12H22N6O/c1-5-13-10-9(2)11(17-8-16-10)14-6-7-15-12(19)18(3)4/h8H,5-7H2,1-4H3,(H,15,19)(H2,13,14,16,17). The summed E-state index contributed by atoms with van der Waals surface area (Å²) in [6.07, 6.45) is 1.52. The predicted octanol–water partition coefficient (Wildman–Crippen LogP) is 0.900.